The second-order valence-corrected chi connectivity index (χ2v) is 8.72. The van der Waals surface area contributed by atoms with Crippen LogP contribution in [-0.4, -0.2) is 48.9 Å². The van der Waals surface area contributed by atoms with Gasteiger partial charge in [0.1, 0.15) is 0 Å². The van der Waals surface area contributed by atoms with Crippen LogP contribution < -0.4 is 0 Å². The molecule has 4 rings (SSSR count). The van der Waals surface area contributed by atoms with Crippen molar-refractivity contribution in [1.82, 2.24) is 24.6 Å². The Balaban J connectivity index is 1.51. The Hall–Kier alpha value is -1.89. The van der Waals surface area contributed by atoms with E-state index in [4.69, 9.17) is 0 Å². The van der Waals surface area contributed by atoms with Gasteiger partial charge in [-0.2, -0.15) is 0 Å². The summed E-state index contributed by atoms with van der Waals surface area (Å²) in [5.74, 6) is 1.82. The standard InChI is InChI=1S/C19H25N5OS/c1-13-7-11-23(12-8-13)18(25)14(2)26-19-22-21-17(24(19)16-3-4-16)15-5-9-20-10-6-15/h5-6,9-10,13-14,16H,3-4,7-8,11-12H2,1-2H3. The molecule has 1 atom stereocenters. The molecule has 6 nitrogen and oxygen atoms in total. The van der Waals surface area contributed by atoms with Crippen LogP contribution in [0.4, 0.5) is 0 Å². The van der Waals surface area contributed by atoms with E-state index in [1.54, 1.807) is 12.4 Å². The first kappa shape index (κ1) is 17.5. The van der Waals surface area contributed by atoms with Crippen molar-refractivity contribution in [2.24, 2.45) is 5.92 Å². The predicted octanol–water partition coefficient (Wildman–Crippen LogP) is 3.41. The molecule has 1 saturated carbocycles. The van der Waals surface area contributed by atoms with Crippen molar-refractivity contribution >= 4 is 17.7 Å². The number of carbonyl (C=O) groups is 1. The summed E-state index contributed by atoms with van der Waals surface area (Å²) < 4.78 is 2.21. The first-order valence-electron chi connectivity index (χ1n) is 9.44. The quantitative estimate of drug-likeness (QED) is 0.754. The van der Waals surface area contributed by atoms with E-state index < -0.39 is 0 Å². The first-order chi connectivity index (χ1) is 12.6. The zero-order chi connectivity index (χ0) is 18.1. The first-order valence-corrected chi connectivity index (χ1v) is 10.3. The number of pyridine rings is 1. The van der Waals surface area contributed by atoms with Gasteiger partial charge in [0.15, 0.2) is 11.0 Å². The maximum Gasteiger partial charge on any atom is 0.235 e. The molecule has 138 valence electrons. The molecule has 3 heterocycles. The van der Waals surface area contributed by atoms with Gasteiger partial charge < -0.3 is 4.90 Å². The molecule has 1 aliphatic carbocycles. The number of hydrogen-bond acceptors (Lipinski definition) is 5. The Morgan fingerprint density at radius 1 is 1.15 bits per heavy atom. The SMILES string of the molecule is CC1CCN(C(=O)C(C)Sc2nnc(-c3ccncc3)n2C2CC2)CC1. The number of carbonyl (C=O) groups excluding carboxylic acids is 1. The molecule has 0 radical (unpaired) electrons. The van der Waals surface area contributed by atoms with Crippen LogP contribution in [0.3, 0.4) is 0 Å². The number of rotatable bonds is 5. The summed E-state index contributed by atoms with van der Waals surface area (Å²) in [5, 5.41) is 9.55. The zero-order valence-electron chi connectivity index (χ0n) is 15.3. The van der Waals surface area contributed by atoms with E-state index in [1.165, 1.54) is 11.8 Å². The lowest BCUT2D eigenvalue weighted by Gasteiger charge is -2.32. The molecule has 0 N–H and O–H groups in total. The summed E-state index contributed by atoms with van der Waals surface area (Å²) in [4.78, 5) is 18.9. The van der Waals surface area contributed by atoms with Crippen molar-refractivity contribution in [3.63, 3.8) is 0 Å². The molecule has 1 amide bonds. The van der Waals surface area contributed by atoms with E-state index >= 15 is 0 Å². The fraction of sp³-hybridized carbons (Fsp3) is 0.579. The van der Waals surface area contributed by atoms with Crippen LogP contribution in [0.15, 0.2) is 29.7 Å². The van der Waals surface area contributed by atoms with Crippen molar-refractivity contribution < 1.29 is 4.79 Å². The molecule has 7 heteroatoms. The molecule has 2 aromatic heterocycles. The van der Waals surface area contributed by atoms with Gasteiger partial charge in [-0.3, -0.25) is 14.3 Å². The second-order valence-electron chi connectivity index (χ2n) is 7.41. The van der Waals surface area contributed by atoms with Gasteiger partial charge in [-0.25, -0.2) is 0 Å². The third kappa shape index (κ3) is 3.63. The lowest BCUT2D eigenvalue weighted by atomic mass is 9.99. The molecule has 2 aliphatic rings. The van der Waals surface area contributed by atoms with Gasteiger partial charge in [0.05, 0.1) is 5.25 Å². The lowest BCUT2D eigenvalue weighted by Crippen LogP contribution is -2.41. The van der Waals surface area contributed by atoms with Crippen LogP contribution in [0.2, 0.25) is 0 Å². The average molecular weight is 372 g/mol. The fourth-order valence-electron chi connectivity index (χ4n) is 3.41. The van der Waals surface area contributed by atoms with Crippen LogP contribution in [-0.2, 0) is 4.79 Å². The lowest BCUT2D eigenvalue weighted by molar-refractivity contribution is -0.131. The smallest absolute Gasteiger partial charge is 0.235 e. The van der Waals surface area contributed by atoms with Crippen LogP contribution in [0.5, 0.6) is 0 Å². The number of thioether (sulfide) groups is 1. The van der Waals surface area contributed by atoms with Gasteiger partial charge in [-0.05, 0) is 50.7 Å². The Morgan fingerprint density at radius 3 is 2.50 bits per heavy atom. The van der Waals surface area contributed by atoms with Gasteiger partial charge in [-0.15, -0.1) is 10.2 Å². The Morgan fingerprint density at radius 2 is 1.85 bits per heavy atom. The number of amides is 1. The van der Waals surface area contributed by atoms with E-state index in [0.717, 1.165) is 61.2 Å². The highest BCUT2D eigenvalue weighted by molar-refractivity contribution is 8.00. The van der Waals surface area contributed by atoms with E-state index in [9.17, 15) is 4.79 Å². The molecule has 0 bridgehead atoms. The van der Waals surface area contributed by atoms with E-state index in [0.29, 0.717) is 6.04 Å². The van der Waals surface area contributed by atoms with E-state index in [-0.39, 0.29) is 11.2 Å². The molecule has 0 spiro atoms. The van der Waals surface area contributed by atoms with Gasteiger partial charge in [0, 0.05) is 37.1 Å². The van der Waals surface area contributed by atoms with Crippen molar-refractivity contribution in [3.8, 4) is 11.4 Å². The molecule has 2 aromatic rings. The summed E-state index contributed by atoms with van der Waals surface area (Å²) in [7, 11) is 0. The third-order valence-corrected chi connectivity index (χ3v) is 6.28. The molecular formula is C19H25N5OS. The number of likely N-dealkylation sites (tertiary alicyclic amines) is 1. The Kier molecular flexibility index (Phi) is 4.98. The van der Waals surface area contributed by atoms with Crippen LogP contribution in [0.25, 0.3) is 11.4 Å². The molecule has 1 aliphatic heterocycles. The largest absolute Gasteiger partial charge is 0.342 e. The highest BCUT2D eigenvalue weighted by Gasteiger charge is 2.32. The maximum absolute atomic E-state index is 12.8. The fourth-order valence-corrected chi connectivity index (χ4v) is 4.41. The van der Waals surface area contributed by atoms with Gasteiger partial charge in [0.25, 0.3) is 0 Å². The average Bonchev–Trinajstić information content (AvgIpc) is 3.42. The van der Waals surface area contributed by atoms with Crippen molar-refractivity contribution in [1.29, 1.82) is 0 Å². The normalized spacial score (nSPS) is 19.5. The maximum atomic E-state index is 12.8. The number of hydrogen-bond donors (Lipinski definition) is 0. The van der Waals surface area contributed by atoms with Gasteiger partial charge >= 0.3 is 0 Å². The molecule has 2 fully saturated rings. The summed E-state index contributed by atoms with van der Waals surface area (Å²) in [5.41, 5.74) is 1.02. The van der Waals surface area contributed by atoms with E-state index in [2.05, 4.69) is 26.7 Å². The number of nitrogens with zero attached hydrogens (tertiary/aromatic N) is 5. The van der Waals surface area contributed by atoms with Crippen molar-refractivity contribution in [2.45, 2.75) is 56.0 Å². The number of aromatic nitrogens is 4. The topological polar surface area (TPSA) is 63.9 Å². The molecule has 26 heavy (non-hydrogen) atoms. The highest BCUT2D eigenvalue weighted by Crippen LogP contribution is 2.41. The summed E-state index contributed by atoms with van der Waals surface area (Å²) in [6.07, 6.45) is 8.06. The van der Waals surface area contributed by atoms with Gasteiger partial charge in [0.2, 0.25) is 5.91 Å². The van der Waals surface area contributed by atoms with Crippen molar-refractivity contribution in [2.75, 3.05) is 13.1 Å². The highest BCUT2D eigenvalue weighted by atomic mass is 32.2. The van der Waals surface area contributed by atoms with E-state index in [1.807, 2.05) is 24.0 Å². The van der Waals surface area contributed by atoms with Crippen LogP contribution in [0, 0.1) is 5.92 Å². The third-order valence-electron chi connectivity index (χ3n) is 5.24. The predicted molar refractivity (Wildman–Crippen MR) is 102 cm³/mol. The Bertz CT molecular complexity index is 765. The molecule has 1 unspecified atom stereocenters. The molecule has 1 saturated heterocycles. The molecular weight excluding hydrogens is 346 g/mol. The summed E-state index contributed by atoms with van der Waals surface area (Å²) >= 11 is 1.54. The van der Waals surface area contributed by atoms with Crippen LogP contribution in [0.1, 0.15) is 45.6 Å². The monoisotopic (exact) mass is 371 g/mol. The zero-order valence-corrected chi connectivity index (χ0v) is 16.2. The summed E-state index contributed by atoms with van der Waals surface area (Å²) in [6, 6.07) is 4.37. The second kappa shape index (κ2) is 7.39. The minimum atomic E-state index is -0.143. The summed E-state index contributed by atoms with van der Waals surface area (Å²) in [6.45, 7) is 6.01. The minimum absolute atomic E-state index is 0.143. The van der Waals surface area contributed by atoms with Gasteiger partial charge in [-0.1, -0.05) is 18.7 Å². The molecule has 0 aromatic carbocycles. The minimum Gasteiger partial charge on any atom is -0.342 e. The van der Waals surface area contributed by atoms with Crippen LogP contribution >= 0.6 is 11.8 Å². The van der Waals surface area contributed by atoms with Crippen molar-refractivity contribution in [3.05, 3.63) is 24.5 Å². The number of piperidine rings is 1. The Labute approximate surface area is 158 Å².